The third-order valence-corrected chi connectivity index (χ3v) is 5.51. The minimum atomic E-state index is -0.362. The molecule has 3 aromatic carbocycles. The van der Waals surface area contributed by atoms with E-state index in [1.165, 1.54) is 24.1 Å². The normalized spacial score (nSPS) is 10.1. The second-order valence-electron chi connectivity index (χ2n) is 7.86. The average Bonchev–Trinajstić information content (AvgIpc) is 2.92. The van der Waals surface area contributed by atoms with Crippen molar-refractivity contribution in [2.24, 2.45) is 0 Å². The van der Waals surface area contributed by atoms with E-state index in [2.05, 4.69) is 29.4 Å². The first kappa shape index (κ1) is 28.2. The summed E-state index contributed by atoms with van der Waals surface area (Å²) in [6.07, 6.45) is 0. The summed E-state index contributed by atoms with van der Waals surface area (Å²) in [5.74, 6) is 0.279. The summed E-state index contributed by atoms with van der Waals surface area (Å²) in [7, 11) is 3.10. The summed E-state index contributed by atoms with van der Waals surface area (Å²) >= 11 is 0. The zero-order chi connectivity index (χ0) is 26.3. The highest BCUT2D eigenvalue weighted by atomic mass is 16.5. The van der Waals surface area contributed by atoms with E-state index < -0.39 is 0 Å². The zero-order valence-electron chi connectivity index (χ0n) is 21.4. The smallest absolute Gasteiger partial charge is 0.326 e. The Morgan fingerprint density at radius 2 is 1.50 bits per heavy atom. The van der Waals surface area contributed by atoms with Gasteiger partial charge in [-0.05, 0) is 49.5 Å². The average molecular weight is 493 g/mol. The number of likely N-dealkylation sites (N-methyl/N-ethyl adjacent to an activating group) is 1. The van der Waals surface area contributed by atoms with Crippen LogP contribution in [-0.2, 0) is 0 Å². The van der Waals surface area contributed by atoms with Crippen molar-refractivity contribution >= 4 is 23.3 Å². The predicted molar refractivity (Wildman–Crippen MR) is 145 cm³/mol. The lowest BCUT2D eigenvalue weighted by molar-refractivity contribution is 0.0946. The van der Waals surface area contributed by atoms with Crippen LogP contribution in [0, 0.1) is 0 Å². The molecule has 0 saturated heterocycles. The molecule has 3 aromatic rings. The first-order chi connectivity index (χ1) is 17.4. The lowest BCUT2D eigenvalue weighted by Crippen LogP contribution is -2.35. The van der Waals surface area contributed by atoms with E-state index in [9.17, 15) is 14.7 Å². The number of nitrogens with zero attached hydrogens (tertiary/aromatic N) is 2. The Kier molecular flexibility index (Phi) is 11.8. The predicted octanol–water partition coefficient (Wildman–Crippen LogP) is 4.83. The van der Waals surface area contributed by atoms with Crippen molar-refractivity contribution in [3.8, 4) is 11.5 Å². The highest BCUT2D eigenvalue weighted by molar-refractivity contribution is 6.02. The molecule has 0 bridgehead atoms. The van der Waals surface area contributed by atoms with Gasteiger partial charge >= 0.3 is 6.03 Å². The lowest BCUT2D eigenvalue weighted by atomic mass is 10.1. The van der Waals surface area contributed by atoms with E-state index in [1.54, 1.807) is 37.4 Å². The number of aromatic hydroxyl groups is 1. The van der Waals surface area contributed by atoms with Crippen LogP contribution in [0.25, 0.3) is 0 Å². The zero-order valence-corrected chi connectivity index (χ0v) is 21.4. The number of hydrogen-bond acceptors (Lipinski definition) is 5. The molecule has 0 fully saturated rings. The molecule has 0 aliphatic carbocycles. The summed E-state index contributed by atoms with van der Waals surface area (Å²) < 4.78 is 5.35. The quantitative estimate of drug-likeness (QED) is 0.398. The van der Waals surface area contributed by atoms with Gasteiger partial charge in [-0.15, -0.1) is 0 Å². The number of carbonyl (C=O) groups is 2. The van der Waals surface area contributed by atoms with Crippen molar-refractivity contribution in [1.82, 2.24) is 10.2 Å². The van der Waals surface area contributed by atoms with Gasteiger partial charge in [-0.1, -0.05) is 50.2 Å². The van der Waals surface area contributed by atoms with Crippen LogP contribution in [0.3, 0.4) is 0 Å². The minimum Gasteiger partial charge on any atom is -0.508 e. The summed E-state index contributed by atoms with van der Waals surface area (Å²) in [5, 5.41) is 15.1. The van der Waals surface area contributed by atoms with Crippen LogP contribution in [-0.4, -0.2) is 62.3 Å². The molecule has 0 heterocycles. The van der Waals surface area contributed by atoms with Gasteiger partial charge in [0.05, 0.1) is 12.7 Å². The van der Waals surface area contributed by atoms with Crippen molar-refractivity contribution in [2.45, 2.75) is 13.8 Å². The molecule has 8 heteroatoms. The highest BCUT2D eigenvalue weighted by Gasteiger charge is 2.16. The van der Waals surface area contributed by atoms with Gasteiger partial charge in [0, 0.05) is 37.6 Å². The molecule has 3 amide bonds. The maximum Gasteiger partial charge on any atom is 0.326 e. The van der Waals surface area contributed by atoms with Crippen LogP contribution in [0.4, 0.5) is 16.2 Å². The SMILES string of the molecule is CCN(CC)CCNC(=O)c1ccc(NC(=O)N(C)c2ccc(O)cc2)cc1OC.c1ccccc1. The maximum atomic E-state index is 12.5. The van der Waals surface area contributed by atoms with Crippen molar-refractivity contribution in [3.05, 3.63) is 84.4 Å². The molecule has 36 heavy (non-hydrogen) atoms. The number of methoxy groups -OCH3 is 1. The van der Waals surface area contributed by atoms with Gasteiger partial charge in [-0.3, -0.25) is 9.69 Å². The molecule has 0 atom stereocenters. The molecule has 0 unspecified atom stereocenters. The topological polar surface area (TPSA) is 94.1 Å². The van der Waals surface area contributed by atoms with Crippen LogP contribution >= 0.6 is 0 Å². The number of carbonyl (C=O) groups excluding carboxylic acids is 2. The highest BCUT2D eigenvalue weighted by Crippen LogP contribution is 2.24. The van der Waals surface area contributed by atoms with Gasteiger partial charge in [0.2, 0.25) is 0 Å². The Hall–Kier alpha value is -4.04. The molecule has 8 nitrogen and oxygen atoms in total. The number of benzene rings is 3. The maximum absolute atomic E-state index is 12.5. The standard InChI is InChI=1S/C22H30N4O4.C6H6/c1-5-26(6-2)14-13-23-21(28)19-12-7-16(15-20(19)30-4)24-22(29)25(3)17-8-10-18(27)11-9-17;1-2-4-6-5-3-1/h7-12,15,27H,5-6,13-14H2,1-4H3,(H,23,28)(H,24,29);1-6H. The number of nitrogens with one attached hydrogen (secondary N) is 2. The molecule has 3 N–H and O–H groups in total. The number of anilines is 2. The minimum absolute atomic E-state index is 0.128. The van der Waals surface area contributed by atoms with Gasteiger partial charge < -0.3 is 25.4 Å². The third kappa shape index (κ3) is 8.96. The summed E-state index contributed by atoms with van der Waals surface area (Å²) in [4.78, 5) is 28.7. The molecular formula is C28H36N4O4. The van der Waals surface area contributed by atoms with Gasteiger partial charge in [-0.2, -0.15) is 0 Å². The molecule has 192 valence electrons. The number of urea groups is 1. The van der Waals surface area contributed by atoms with Gasteiger partial charge in [0.15, 0.2) is 0 Å². The van der Waals surface area contributed by atoms with Crippen molar-refractivity contribution < 1.29 is 19.4 Å². The Bertz CT molecular complexity index is 1040. The van der Waals surface area contributed by atoms with E-state index in [1.807, 2.05) is 36.4 Å². The Labute approximate surface area is 213 Å². The molecule has 3 rings (SSSR count). The van der Waals surface area contributed by atoms with Crippen molar-refractivity contribution in [1.29, 1.82) is 0 Å². The number of hydrogen-bond donors (Lipinski definition) is 3. The molecule has 0 aliphatic rings. The third-order valence-electron chi connectivity index (χ3n) is 5.51. The Morgan fingerprint density at radius 1 is 0.917 bits per heavy atom. The molecular weight excluding hydrogens is 456 g/mol. The van der Waals surface area contributed by atoms with Gasteiger partial charge in [0.25, 0.3) is 5.91 Å². The second-order valence-corrected chi connectivity index (χ2v) is 7.86. The van der Waals surface area contributed by atoms with Crippen LogP contribution in [0.5, 0.6) is 11.5 Å². The first-order valence-electron chi connectivity index (χ1n) is 11.9. The van der Waals surface area contributed by atoms with Crippen molar-refractivity contribution in [2.75, 3.05) is 50.6 Å². The molecule has 0 saturated carbocycles. The monoisotopic (exact) mass is 492 g/mol. The summed E-state index contributed by atoms with van der Waals surface area (Å²) in [6.45, 7) is 7.35. The number of rotatable bonds is 9. The van der Waals surface area contributed by atoms with Crippen LogP contribution in [0.15, 0.2) is 78.9 Å². The number of phenolic OH excluding ortho intramolecular Hbond substituents is 1. The Balaban J connectivity index is 0.000000662. The first-order valence-corrected chi connectivity index (χ1v) is 11.9. The van der Waals surface area contributed by atoms with E-state index in [-0.39, 0.29) is 17.7 Å². The molecule has 0 radical (unpaired) electrons. The van der Waals surface area contributed by atoms with Gasteiger partial charge in [-0.25, -0.2) is 4.79 Å². The number of ether oxygens (including phenoxy) is 1. The van der Waals surface area contributed by atoms with E-state index in [0.29, 0.717) is 29.2 Å². The van der Waals surface area contributed by atoms with E-state index in [4.69, 9.17) is 4.74 Å². The number of amides is 3. The van der Waals surface area contributed by atoms with Crippen LogP contribution in [0.2, 0.25) is 0 Å². The van der Waals surface area contributed by atoms with Crippen molar-refractivity contribution in [3.63, 3.8) is 0 Å². The second kappa shape index (κ2) is 15.1. The summed E-state index contributed by atoms with van der Waals surface area (Å²) in [5.41, 5.74) is 1.53. The van der Waals surface area contributed by atoms with Gasteiger partial charge in [0.1, 0.15) is 11.5 Å². The molecule has 0 spiro atoms. The summed E-state index contributed by atoms with van der Waals surface area (Å²) in [6, 6.07) is 22.8. The van der Waals surface area contributed by atoms with Crippen LogP contribution in [0.1, 0.15) is 24.2 Å². The largest absolute Gasteiger partial charge is 0.508 e. The number of phenols is 1. The fourth-order valence-electron chi connectivity index (χ4n) is 3.30. The fourth-order valence-corrected chi connectivity index (χ4v) is 3.30. The molecule has 0 aromatic heterocycles. The fraction of sp³-hybridized carbons (Fsp3) is 0.286. The van der Waals surface area contributed by atoms with Crippen LogP contribution < -0.4 is 20.3 Å². The van der Waals surface area contributed by atoms with E-state index in [0.717, 1.165) is 19.6 Å². The van der Waals surface area contributed by atoms with E-state index >= 15 is 0 Å². The lowest BCUT2D eigenvalue weighted by Gasteiger charge is -2.19. The molecule has 0 aliphatic heterocycles. The Morgan fingerprint density at radius 3 is 2.03 bits per heavy atom.